The molecule has 0 saturated carbocycles. The summed E-state index contributed by atoms with van der Waals surface area (Å²) in [5, 5.41) is 2.26. The number of rotatable bonds is 8. The van der Waals surface area contributed by atoms with Crippen LogP contribution in [0.15, 0.2) is 54.6 Å². The molecule has 3 rings (SSSR count). The molecule has 1 amide bonds. The van der Waals surface area contributed by atoms with Crippen LogP contribution in [0.5, 0.6) is 11.5 Å². The molecule has 0 atom stereocenters. The number of hydrogen-bond donors (Lipinski definition) is 0. The molecule has 0 aliphatic carbocycles. The molecule has 0 fully saturated rings. The van der Waals surface area contributed by atoms with E-state index in [-0.39, 0.29) is 5.91 Å². The van der Waals surface area contributed by atoms with Gasteiger partial charge >= 0.3 is 0 Å². The van der Waals surface area contributed by atoms with Crippen LogP contribution in [0.3, 0.4) is 0 Å². The van der Waals surface area contributed by atoms with Crippen LogP contribution in [-0.4, -0.2) is 50.6 Å². The van der Waals surface area contributed by atoms with Crippen molar-refractivity contribution >= 4 is 16.7 Å². The molecule has 0 aliphatic rings. The third-order valence-corrected chi connectivity index (χ3v) is 5.24. The zero-order chi connectivity index (χ0) is 21.7. The molecular weight excluding hydrogens is 376 g/mol. The molecule has 5 nitrogen and oxygen atoms in total. The second kappa shape index (κ2) is 9.63. The number of ether oxygens (including phenoxy) is 2. The monoisotopic (exact) mass is 406 g/mol. The number of fused-ring (bicyclic) bond motifs is 1. The lowest BCUT2D eigenvalue weighted by atomic mass is 10.1. The Bertz CT molecular complexity index is 1030. The quantitative estimate of drug-likeness (QED) is 0.561. The van der Waals surface area contributed by atoms with Crippen molar-refractivity contribution in [3.63, 3.8) is 0 Å². The van der Waals surface area contributed by atoms with Gasteiger partial charge in [0.25, 0.3) is 0 Å². The molecule has 5 heteroatoms. The molecule has 0 unspecified atom stereocenters. The van der Waals surface area contributed by atoms with Crippen molar-refractivity contribution in [2.24, 2.45) is 0 Å². The summed E-state index contributed by atoms with van der Waals surface area (Å²) in [4.78, 5) is 16.5. The van der Waals surface area contributed by atoms with Gasteiger partial charge in [-0.05, 0) is 54.6 Å². The topological polar surface area (TPSA) is 42.0 Å². The molecule has 3 aromatic carbocycles. The highest BCUT2D eigenvalue weighted by molar-refractivity contribution is 5.84. The fourth-order valence-corrected chi connectivity index (χ4v) is 3.59. The molecule has 0 bridgehead atoms. The van der Waals surface area contributed by atoms with Gasteiger partial charge in [-0.3, -0.25) is 9.69 Å². The average Bonchev–Trinajstić information content (AvgIpc) is 2.73. The second-order valence-electron chi connectivity index (χ2n) is 7.78. The summed E-state index contributed by atoms with van der Waals surface area (Å²) in [6.45, 7) is 3.63. The summed E-state index contributed by atoms with van der Waals surface area (Å²) in [5.41, 5.74) is 3.36. The zero-order valence-electron chi connectivity index (χ0n) is 18.4. The largest absolute Gasteiger partial charge is 0.497 e. The molecular formula is C25H30N2O3. The summed E-state index contributed by atoms with van der Waals surface area (Å²) < 4.78 is 10.7. The van der Waals surface area contributed by atoms with Gasteiger partial charge in [0.05, 0.1) is 20.8 Å². The van der Waals surface area contributed by atoms with E-state index in [0.717, 1.165) is 33.4 Å². The lowest BCUT2D eigenvalue weighted by Crippen LogP contribution is -2.36. The Morgan fingerprint density at radius 1 is 0.867 bits per heavy atom. The Balaban J connectivity index is 1.61. The van der Waals surface area contributed by atoms with Crippen molar-refractivity contribution in [3.8, 4) is 11.5 Å². The molecule has 0 aliphatic heterocycles. The van der Waals surface area contributed by atoms with Crippen LogP contribution in [0.4, 0.5) is 0 Å². The molecule has 0 radical (unpaired) electrons. The predicted octanol–water partition coefficient (Wildman–Crippen LogP) is 4.26. The number of amides is 1. The van der Waals surface area contributed by atoms with Crippen molar-refractivity contribution in [1.82, 2.24) is 9.80 Å². The van der Waals surface area contributed by atoms with Crippen LogP contribution < -0.4 is 9.47 Å². The van der Waals surface area contributed by atoms with Crippen molar-refractivity contribution in [2.75, 3.05) is 34.9 Å². The van der Waals surface area contributed by atoms with E-state index >= 15 is 0 Å². The number of hydrogen-bond acceptors (Lipinski definition) is 4. The summed E-state index contributed by atoms with van der Waals surface area (Å²) in [6.07, 6.45) is 0. The van der Waals surface area contributed by atoms with Crippen LogP contribution in [0, 0.1) is 6.92 Å². The molecule has 158 valence electrons. The predicted molar refractivity (Wildman–Crippen MR) is 121 cm³/mol. The van der Waals surface area contributed by atoms with Gasteiger partial charge in [-0.2, -0.15) is 0 Å². The first-order valence-electron chi connectivity index (χ1n) is 10.0. The second-order valence-corrected chi connectivity index (χ2v) is 7.78. The average molecular weight is 407 g/mol. The Morgan fingerprint density at radius 3 is 2.33 bits per heavy atom. The van der Waals surface area contributed by atoms with E-state index in [1.165, 1.54) is 5.56 Å². The van der Waals surface area contributed by atoms with Crippen molar-refractivity contribution < 1.29 is 14.3 Å². The molecule has 0 saturated heterocycles. The fraction of sp³-hybridized carbons (Fsp3) is 0.320. The molecule has 0 spiro atoms. The van der Waals surface area contributed by atoms with E-state index in [2.05, 4.69) is 31.2 Å². The maximum atomic E-state index is 12.8. The summed E-state index contributed by atoms with van der Waals surface area (Å²) in [7, 11) is 7.15. The van der Waals surface area contributed by atoms with Crippen LogP contribution in [0.1, 0.15) is 16.7 Å². The summed E-state index contributed by atoms with van der Waals surface area (Å²) >= 11 is 0. The van der Waals surface area contributed by atoms with Crippen molar-refractivity contribution in [1.29, 1.82) is 0 Å². The zero-order valence-corrected chi connectivity index (χ0v) is 18.4. The molecule has 0 N–H and O–H groups in total. The summed E-state index contributed by atoms with van der Waals surface area (Å²) in [5.74, 6) is 1.77. The normalized spacial score (nSPS) is 11.0. The van der Waals surface area contributed by atoms with E-state index in [0.29, 0.717) is 19.6 Å². The number of likely N-dealkylation sites (N-methyl/N-ethyl adjacent to an activating group) is 2. The van der Waals surface area contributed by atoms with E-state index in [9.17, 15) is 4.79 Å². The third-order valence-electron chi connectivity index (χ3n) is 5.24. The first kappa shape index (κ1) is 21.7. The van der Waals surface area contributed by atoms with Crippen molar-refractivity contribution in [3.05, 3.63) is 71.3 Å². The van der Waals surface area contributed by atoms with Crippen LogP contribution in [0.25, 0.3) is 10.8 Å². The Kier molecular flexibility index (Phi) is 6.95. The standard InChI is InChI=1S/C25H30N2O3/c1-18-6-11-24(30-5)22(12-18)16-26(2)17-25(28)27(3)15-19-7-8-21-14-23(29-4)10-9-20(21)13-19/h6-14H,15-17H2,1-5H3. The number of nitrogens with zero attached hydrogens (tertiary/aromatic N) is 2. The number of carbonyl (C=O) groups excluding carboxylic acids is 1. The SMILES string of the molecule is COc1ccc2cc(CN(C)C(=O)CN(C)Cc3cc(C)ccc3OC)ccc2c1. The van der Waals surface area contributed by atoms with Gasteiger partial charge in [-0.25, -0.2) is 0 Å². The van der Waals surface area contributed by atoms with Gasteiger partial charge in [0.2, 0.25) is 5.91 Å². The Hall–Kier alpha value is -3.05. The number of aryl methyl sites for hydroxylation is 1. The van der Waals surface area contributed by atoms with E-state index in [1.807, 2.05) is 49.3 Å². The lowest BCUT2D eigenvalue weighted by molar-refractivity contribution is -0.131. The first-order valence-corrected chi connectivity index (χ1v) is 10.0. The van der Waals surface area contributed by atoms with Gasteiger partial charge < -0.3 is 14.4 Å². The summed E-state index contributed by atoms with van der Waals surface area (Å²) in [6, 6.07) is 18.4. The molecule has 3 aromatic rings. The van der Waals surface area contributed by atoms with E-state index < -0.39 is 0 Å². The molecule has 30 heavy (non-hydrogen) atoms. The number of carbonyl (C=O) groups is 1. The van der Waals surface area contributed by atoms with Crippen molar-refractivity contribution in [2.45, 2.75) is 20.0 Å². The van der Waals surface area contributed by atoms with E-state index in [4.69, 9.17) is 9.47 Å². The number of benzene rings is 3. The highest BCUT2D eigenvalue weighted by atomic mass is 16.5. The molecule has 0 aromatic heterocycles. The Labute approximate surface area is 178 Å². The van der Waals surface area contributed by atoms with E-state index in [1.54, 1.807) is 19.1 Å². The smallest absolute Gasteiger partial charge is 0.236 e. The minimum atomic E-state index is 0.0824. The fourth-order valence-electron chi connectivity index (χ4n) is 3.59. The maximum absolute atomic E-state index is 12.8. The minimum absolute atomic E-state index is 0.0824. The highest BCUT2D eigenvalue weighted by Crippen LogP contribution is 2.23. The van der Waals surface area contributed by atoms with Gasteiger partial charge in [0, 0.05) is 25.7 Å². The minimum Gasteiger partial charge on any atom is -0.497 e. The van der Waals surface area contributed by atoms with Gasteiger partial charge in [0.15, 0.2) is 0 Å². The third kappa shape index (κ3) is 5.30. The van der Waals surface area contributed by atoms with Gasteiger partial charge in [-0.15, -0.1) is 0 Å². The molecule has 0 heterocycles. The maximum Gasteiger partial charge on any atom is 0.236 e. The number of methoxy groups -OCH3 is 2. The van der Waals surface area contributed by atoms with Gasteiger partial charge in [-0.1, -0.05) is 35.9 Å². The van der Waals surface area contributed by atoms with Gasteiger partial charge in [0.1, 0.15) is 11.5 Å². The van der Waals surface area contributed by atoms with Crippen LogP contribution in [0.2, 0.25) is 0 Å². The lowest BCUT2D eigenvalue weighted by Gasteiger charge is -2.23. The first-order chi connectivity index (χ1) is 14.4. The van der Waals surface area contributed by atoms with Crippen LogP contribution in [-0.2, 0) is 17.9 Å². The van der Waals surface area contributed by atoms with Crippen LogP contribution >= 0.6 is 0 Å². The highest BCUT2D eigenvalue weighted by Gasteiger charge is 2.14. The Morgan fingerprint density at radius 2 is 1.60 bits per heavy atom.